The monoisotopic (exact) mass is 311 g/mol. The first-order chi connectivity index (χ1) is 10.1. The molecule has 0 aliphatic heterocycles. The summed E-state index contributed by atoms with van der Waals surface area (Å²) in [4.78, 5) is 32.3. The van der Waals surface area contributed by atoms with E-state index in [1.54, 1.807) is 20.8 Å². The van der Waals surface area contributed by atoms with Gasteiger partial charge in [-0.2, -0.15) is 0 Å². The molecule has 0 amide bonds. The van der Waals surface area contributed by atoms with Gasteiger partial charge < -0.3 is 14.6 Å². The van der Waals surface area contributed by atoms with E-state index in [1.807, 2.05) is 0 Å². The average Bonchev–Trinajstić information content (AvgIpc) is 2.42. The van der Waals surface area contributed by atoms with E-state index >= 15 is 0 Å². The lowest BCUT2D eigenvalue weighted by Gasteiger charge is -2.21. The van der Waals surface area contributed by atoms with Crippen LogP contribution in [-0.4, -0.2) is 40.6 Å². The van der Waals surface area contributed by atoms with Gasteiger partial charge in [0.25, 0.3) is 5.69 Å². The van der Waals surface area contributed by atoms with Crippen molar-refractivity contribution in [3.63, 3.8) is 0 Å². The molecule has 0 aliphatic carbocycles. The number of aldehydes is 1. The van der Waals surface area contributed by atoms with Crippen LogP contribution in [0.5, 0.6) is 5.75 Å². The van der Waals surface area contributed by atoms with Crippen molar-refractivity contribution in [3.8, 4) is 5.75 Å². The fourth-order valence-electron chi connectivity index (χ4n) is 1.50. The van der Waals surface area contributed by atoms with Gasteiger partial charge in [0.15, 0.2) is 12.4 Å². The summed E-state index contributed by atoms with van der Waals surface area (Å²) in [5.41, 5.74) is -1.25. The van der Waals surface area contributed by atoms with Crippen molar-refractivity contribution in [2.24, 2.45) is 0 Å². The summed E-state index contributed by atoms with van der Waals surface area (Å²) in [6, 6.07) is 3.54. The van der Waals surface area contributed by atoms with E-state index in [9.17, 15) is 24.8 Å². The molecule has 1 rings (SSSR count). The Kier molecular flexibility index (Phi) is 5.58. The number of nitrogens with zero attached hydrogens (tertiary/aromatic N) is 1. The average molecular weight is 311 g/mol. The molecule has 1 atom stereocenters. The summed E-state index contributed by atoms with van der Waals surface area (Å²) >= 11 is 0. The van der Waals surface area contributed by atoms with Crippen molar-refractivity contribution in [3.05, 3.63) is 33.9 Å². The smallest absolute Gasteiger partial charge is 0.339 e. The molecular formula is C14H17NO7. The van der Waals surface area contributed by atoms with Crippen LogP contribution >= 0.6 is 0 Å². The van der Waals surface area contributed by atoms with Crippen LogP contribution in [0, 0.1) is 10.1 Å². The number of benzene rings is 1. The lowest BCUT2D eigenvalue weighted by molar-refractivity contribution is -0.385. The first kappa shape index (κ1) is 17.6. The van der Waals surface area contributed by atoms with E-state index in [2.05, 4.69) is 0 Å². The van der Waals surface area contributed by atoms with Crippen LogP contribution in [0.25, 0.3) is 0 Å². The van der Waals surface area contributed by atoms with Gasteiger partial charge in [-0.05, 0) is 32.9 Å². The molecule has 0 bridgehead atoms. The normalized spacial score (nSPS) is 12.4. The van der Waals surface area contributed by atoms with Crippen molar-refractivity contribution in [1.29, 1.82) is 0 Å². The molecule has 0 aliphatic rings. The van der Waals surface area contributed by atoms with Crippen LogP contribution in [0.1, 0.15) is 31.1 Å². The Balaban J connectivity index is 2.70. The number of carbonyl (C=O) groups excluding carboxylic acids is 2. The van der Waals surface area contributed by atoms with Crippen LogP contribution in [-0.2, 0) is 9.53 Å². The summed E-state index contributed by atoms with van der Waals surface area (Å²) in [6.07, 6.45) is -1.18. The Labute approximate surface area is 126 Å². The second kappa shape index (κ2) is 6.99. The Hall–Kier alpha value is -2.48. The summed E-state index contributed by atoms with van der Waals surface area (Å²) < 4.78 is 10.1. The number of esters is 1. The molecule has 0 spiro atoms. The number of carbonyl (C=O) groups is 2. The molecule has 1 aromatic rings. The van der Waals surface area contributed by atoms with E-state index in [1.165, 1.54) is 6.07 Å². The Morgan fingerprint density at radius 1 is 1.45 bits per heavy atom. The number of nitro benzene ring substituents is 1. The first-order valence-electron chi connectivity index (χ1n) is 6.41. The molecule has 0 heterocycles. The van der Waals surface area contributed by atoms with E-state index in [4.69, 9.17) is 9.47 Å². The molecule has 0 saturated carbocycles. The van der Waals surface area contributed by atoms with Crippen LogP contribution in [0.2, 0.25) is 0 Å². The predicted octanol–water partition coefficient (Wildman–Crippen LogP) is 1.49. The maximum absolute atomic E-state index is 11.5. The second-order valence-electron chi connectivity index (χ2n) is 5.46. The number of aliphatic hydroxyl groups is 1. The fourth-order valence-corrected chi connectivity index (χ4v) is 1.50. The highest BCUT2D eigenvalue weighted by molar-refractivity contribution is 5.82. The summed E-state index contributed by atoms with van der Waals surface area (Å²) in [7, 11) is 0. The Bertz CT molecular complexity index is 577. The minimum Gasteiger partial charge on any atom is -0.490 e. The van der Waals surface area contributed by atoms with Crippen molar-refractivity contribution in [2.75, 3.05) is 6.61 Å². The van der Waals surface area contributed by atoms with Crippen LogP contribution in [0.4, 0.5) is 5.69 Å². The van der Waals surface area contributed by atoms with E-state index < -0.39 is 29.2 Å². The first-order valence-corrected chi connectivity index (χ1v) is 6.41. The van der Waals surface area contributed by atoms with E-state index in [-0.39, 0.29) is 17.0 Å². The van der Waals surface area contributed by atoms with Gasteiger partial charge in [-0.1, -0.05) is 0 Å². The molecule has 120 valence electrons. The Morgan fingerprint density at radius 2 is 2.09 bits per heavy atom. The highest BCUT2D eigenvalue weighted by atomic mass is 16.6. The molecule has 0 unspecified atom stereocenters. The van der Waals surface area contributed by atoms with E-state index in [0.717, 1.165) is 12.1 Å². The highest BCUT2D eigenvalue weighted by Crippen LogP contribution is 2.22. The largest absolute Gasteiger partial charge is 0.490 e. The van der Waals surface area contributed by atoms with Crippen LogP contribution < -0.4 is 4.74 Å². The molecular weight excluding hydrogens is 294 g/mol. The molecule has 0 fully saturated rings. The van der Waals surface area contributed by atoms with Gasteiger partial charge in [-0.3, -0.25) is 14.9 Å². The lowest BCUT2D eigenvalue weighted by atomic mass is 10.2. The summed E-state index contributed by atoms with van der Waals surface area (Å²) in [5, 5.41) is 20.3. The molecule has 1 aromatic carbocycles. The maximum Gasteiger partial charge on any atom is 0.339 e. The zero-order valence-electron chi connectivity index (χ0n) is 12.4. The zero-order chi connectivity index (χ0) is 16.9. The third kappa shape index (κ3) is 5.13. The van der Waals surface area contributed by atoms with Gasteiger partial charge in [-0.15, -0.1) is 0 Å². The SMILES string of the molecule is CC(C)(C)OC(=O)[C@H](O)COc1ccc([N+](=O)[O-])c(C=O)c1. The third-order valence-electron chi connectivity index (χ3n) is 2.41. The van der Waals surface area contributed by atoms with Gasteiger partial charge in [0.1, 0.15) is 18.0 Å². The number of aliphatic hydroxyl groups excluding tert-OH is 1. The van der Waals surface area contributed by atoms with Crippen molar-refractivity contribution >= 4 is 17.9 Å². The van der Waals surface area contributed by atoms with Crippen LogP contribution in [0.15, 0.2) is 18.2 Å². The van der Waals surface area contributed by atoms with Gasteiger partial charge in [0, 0.05) is 6.07 Å². The summed E-state index contributed by atoms with van der Waals surface area (Å²) in [5.74, 6) is -0.722. The fraction of sp³-hybridized carbons (Fsp3) is 0.429. The highest BCUT2D eigenvalue weighted by Gasteiger charge is 2.24. The quantitative estimate of drug-likeness (QED) is 0.366. The van der Waals surface area contributed by atoms with Gasteiger partial charge in [0.2, 0.25) is 0 Å². The molecule has 1 N–H and O–H groups in total. The molecule has 22 heavy (non-hydrogen) atoms. The minimum absolute atomic E-state index is 0.121. The second-order valence-corrected chi connectivity index (χ2v) is 5.46. The standard InChI is InChI=1S/C14H17NO7/c1-14(2,3)22-13(18)12(17)8-21-10-4-5-11(15(19)20)9(6-10)7-16/h4-7,12,17H,8H2,1-3H3/t12-/m1/s1. The molecule has 0 radical (unpaired) electrons. The Morgan fingerprint density at radius 3 is 2.59 bits per heavy atom. The number of ether oxygens (including phenoxy) is 2. The molecule has 0 saturated heterocycles. The van der Waals surface area contributed by atoms with Gasteiger partial charge in [-0.25, -0.2) is 4.79 Å². The molecule has 0 aromatic heterocycles. The minimum atomic E-state index is -1.51. The molecule has 8 heteroatoms. The maximum atomic E-state index is 11.5. The van der Waals surface area contributed by atoms with Crippen molar-refractivity contribution in [2.45, 2.75) is 32.5 Å². The van der Waals surface area contributed by atoms with Crippen molar-refractivity contribution in [1.82, 2.24) is 0 Å². The number of rotatable bonds is 6. The number of hydrogen-bond acceptors (Lipinski definition) is 7. The van der Waals surface area contributed by atoms with Crippen LogP contribution in [0.3, 0.4) is 0 Å². The third-order valence-corrected chi connectivity index (χ3v) is 2.41. The summed E-state index contributed by atoms with van der Waals surface area (Å²) in [6.45, 7) is 4.58. The number of nitro groups is 1. The topological polar surface area (TPSA) is 116 Å². The zero-order valence-corrected chi connectivity index (χ0v) is 12.4. The number of hydrogen-bond donors (Lipinski definition) is 1. The molecule has 8 nitrogen and oxygen atoms in total. The van der Waals surface area contributed by atoms with Crippen molar-refractivity contribution < 1.29 is 29.1 Å². The lowest BCUT2D eigenvalue weighted by Crippen LogP contribution is -2.35. The predicted molar refractivity (Wildman–Crippen MR) is 75.8 cm³/mol. The van der Waals surface area contributed by atoms with Gasteiger partial charge >= 0.3 is 5.97 Å². The van der Waals surface area contributed by atoms with Gasteiger partial charge in [0.05, 0.1) is 10.5 Å². The van der Waals surface area contributed by atoms with E-state index in [0.29, 0.717) is 6.29 Å².